The van der Waals surface area contributed by atoms with Crippen molar-refractivity contribution < 1.29 is 24.2 Å². The lowest BCUT2D eigenvalue weighted by Gasteiger charge is -2.17. The Morgan fingerprint density at radius 1 is 1.12 bits per heavy atom. The first-order valence-corrected chi connectivity index (χ1v) is 8.34. The highest BCUT2D eigenvalue weighted by Crippen LogP contribution is 2.35. The molecule has 1 unspecified atom stereocenters. The Labute approximate surface area is 151 Å². The number of para-hydroxylation sites is 1. The van der Waals surface area contributed by atoms with Crippen LogP contribution in [0.4, 0.5) is 5.69 Å². The zero-order valence-corrected chi connectivity index (χ0v) is 14.5. The summed E-state index contributed by atoms with van der Waals surface area (Å²) < 4.78 is 5.58. The standard InChI is InChI=1S/C20H19NO5/c1-12(2)26-14-9-7-13(8-10-14)16-11-18(22)21(19(16)23)17-6-4-3-5-15(17)20(24)25/h3-10,12,16H,11H2,1-2H3,(H,24,25). The third kappa shape index (κ3) is 3.31. The van der Waals surface area contributed by atoms with E-state index in [-0.39, 0.29) is 23.8 Å². The van der Waals surface area contributed by atoms with Crippen LogP contribution in [0.2, 0.25) is 0 Å². The average Bonchev–Trinajstić information content (AvgIpc) is 2.89. The molecule has 6 heteroatoms. The minimum Gasteiger partial charge on any atom is -0.491 e. The summed E-state index contributed by atoms with van der Waals surface area (Å²) in [5, 5.41) is 9.32. The van der Waals surface area contributed by atoms with Crippen LogP contribution in [0.5, 0.6) is 5.75 Å². The lowest BCUT2D eigenvalue weighted by Crippen LogP contribution is -2.31. The molecule has 26 heavy (non-hydrogen) atoms. The number of rotatable bonds is 5. The molecular formula is C20H19NO5. The number of hydrogen-bond acceptors (Lipinski definition) is 4. The molecule has 1 N–H and O–H groups in total. The number of hydrogen-bond donors (Lipinski definition) is 1. The zero-order valence-electron chi connectivity index (χ0n) is 14.5. The van der Waals surface area contributed by atoms with Gasteiger partial charge in [-0.15, -0.1) is 0 Å². The van der Waals surface area contributed by atoms with Crippen LogP contribution >= 0.6 is 0 Å². The number of carbonyl (C=O) groups excluding carboxylic acids is 2. The van der Waals surface area contributed by atoms with Crippen molar-refractivity contribution in [2.45, 2.75) is 32.3 Å². The van der Waals surface area contributed by atoms with Crippen LogP contribution in [0, 0.1) is 0 Å². The summed E-state index contributed by atoms with van der Waals surface area (Å²) >= 11 is 0. The van der Waals surface area contributed by atoms with E-state index in [2.05, 4.69) is 0 Å². The molecule has 0 saturated carbocycles. The van der Waals surface area contributed by atoms with Crippen LogP contribution in [0.15, 0.2) is 48.5 Å². The van der Waals surface area contributed by atoms with E-state index in [1.807, 2.05) is 13.8 Å². The maximum Gasteiger partial charge on any atom is 0.337 e. The molecular weight excluding hydrogens is 334 g/mol. The van der Waals surface area contributed by atoms with E-state index in [4.69, 9.17) is 4.74 Å². The summed E-state index contributed by atoms with van der Waals surface area (Å²) in [5.74, 6) is -1.94. The van der Waals surface area contributed by atoms with E-state index in [9.17, 15) is 19.5 Å². The molecule has 134 valence electrons. The number of carbonyl (C=O) groups is 3. The molecule has 2 amide bonds. The Morgan fingerprint density at radius 2 is 1.77 bits per heavy atom. The molecule has 1 atom stereocenters. The van der Waals surface area contributed by atoms with E-state index in [0.717, 1.165) is 4.90 Å². The van der Waals surface area contributed by atoms with Gasteiger partial charge in [0.25, 0.3) is 0 Å². The smallest absolute Gasteiger partial charge is 0.337 e. The molecule has 2 aromatic rings. The molecule has 2 aromatic carbocycles. The fourth-order valence-corrected chi connectivity index (χ4v) is 3.05. The highest BCUT2D eigenvalue weighted by atomic mass is 16.5. The Kier molecular flexibility index (Phi) is 4.75. The molecule has 0 spiro atoms. The van der Waals surface area contributed by atoms with Gasteiger partial charge in [-0.3, -0.25) is 9.59 Å². The fourth-order valence-electron chi connectivity index (χ4n) is 3.05. The van der Waals surface area contributed by atoms with E-state index < -0.39 is 23.7 Å². The Morgan fingerprint density at radius 3 is 2.38 bits per heavy atom. The second-order valence-electron chi connectivity index (χ2n) is 6.38. The maximum atomic E-state index is 12.8. The lowest BCUT2D eigenvalue weighted by atomic mass is 9.97. The molecule has 1 heterocycles. The Balaban J connectivity index is 1.89. The first kappa shape index (κ1) is 17.7. The van der Waals surface area contributed by atoms with Gasteiger partial charge in [-0.2, -0.15) is 0 Å². The maximum absolute atomic E-state index is 12.8. The Hall–Kier alpha value is -3.15. The second kappa shape index (κ2) is 7.00. The molecule has 6 nitrogen and oxygen atoms in total. The van der Waals surface area contributed by atoms with E-state index >= 15 is 0 Å². The second-order valence-corrected chi connectivity index (χ2v) is 6.38. The number of nitrogens with zero attached hydrogens (tertiary/aromatic N) is 1. The summed E-state index contributed by atoms with van der Waals surface area (Å²) in [6.45, 7) is 3.84. The minimum atomic E-state index is -1.18. The van der Waals surface area contributed by atoms with Gasteiger partial charge in [-0.1, -0.05) is 24.3 Å². The molecule has 1 aliphatic heterocycles. The van der Waals surface area contributed by atoms with Crippen LogP contribution < -0.4 is 9.64 Å². The molecule has 0 aromatic heterocycles. The Bertz CT molecular complexity index is 857. The van der Waals surface area contributed by atoms with Crippen molar-refractivity contribution in [1.29, 1.82) is 0 Å². The minimum absolute atomic E-state index is 0.0111. The molecule has 1 fully saturated rings. The van der Waals surface area contributed by atoms with Crippen molar-refractivity contribution >= 4 is 23.5 Å². The number of benzene rings is 2. The van der Waals surface area contributed by atoms with E-state index in [1.54, 1.807) is 36.4 Å². The number of carboxylic acid groups (broad SMARTS) is 1. The normalized spacial score (nSPS) is 17.0. The third-order valence-electron chi connectivity index (χ3n) is 4.18. The molecule has 0 radical (unpaired) electrons. The van der Waals surface area contributed by atoms with Gasteiger partial charge in [-0.25, -0.2) is 9.69 Å². The molecule has 0 aliphatic carbocycles. The first-order valence-electron chi connectivity index (χ1n) is 8.34. The van der Waals surface area contributed by atoms with Gasteiger partial charge in [-0.05, 0) is 43.7 Å². The van der Waals surface area contributed by atoms with Gasteiger partial charge < -0.3 is 9.84 Å². The topological polar surface area (TPSA) is 83.9 Å². The van der Waals surface area contributed by atoms with Gasteiger partial charge in [0.15, 0.2) is 0 Å². The van der Waals surface area contributed by atoms with Crippen molar-refractivity contribution in [2.24, 2.45) is 0 Å². The number of aromatic carboxylic acids is 1. The van der Waals surface area contributed by atoms with Crippen molar-refractivity contribution in [3.63, 3.8) is 0 Å². The van der Waals surface area contributed by atoms with Gasteiger partial charge in [0.1, 0.15) is 5.75 Å². The third-order valence-corrected chi connectivity index (χ3v) is 4.18. The predicted molar refractivity (Wildman–Crippen MR) is 95.5 cm³/mol. The van der Waals surface area contributed by atoms with Gasteiger partial charge in [0.05, 0.1) is 23.3 Å². The predicted octanol–water partition coefficient (Wildman–Crippen LogP) is 3.22. The number of anilines is 1. The van der Waals surface area contributed by atoms with Crippen molar-refractivity contribution in [1.82, 2.24) is 0 Å². The number of amides is 2. The van der Waals surface area contributed by atoms with Crippen LogP contribution in [0.1, 0.15) is 42.1 Å². The number of imide groups is 1. The summed E-state index contributed by atoms with van der Waals surface area (Å²) in [6, 6.07) is 13.1. The van der Waals surface area contributed by atoms with Gasteiger partial charge in [0.2, 0.25) is 11.8 Å². The molecule has 1 saturated heterocycles. The number of carboxylic acids is 1. The van der Waals surface area contributed by atoms with Crippen LogP contribution in [0.3, 0.4) is 0 Å². The van der Waals surface area contributed by atoms with E-state index in [1.165, 1.54) is 12.1 Å². The average molecular weight is 353 g/mol. The van der Waals surface area contributed by atoms with Crippen LogP contribution in [-0.2, 0) is 9.59 Å². The fraction of sp³-hybridized carbons (Fsp3) is 0.250. The first-order chi connectivity index (χ1) is 12.4. The summed E-state index contributed by atoms with van der Waals surface area (Å²) in [4.78, 5) is 37.7. The van der Waals surface area contributed by atoms with Gasteiger partial charge >= 0.3 is 5.97 Å². The monoisotopic (exact) mass is 353 g/mol. The molecule has 0 bridgehead atoms. The van der Waals surface area contributed by atoms with Crippen molar-refractivity contribution in [3.05, 3.63) is 59.7 Å². The molecule has 1 aliphatic rings. The SMILES string of the molecule is CC(C)Oc1ccc(C2CC(=O)N(c3ccccc3C(=O)O)C2=O)cc1. The van der Waals surface area contributed by atoms with Crippen LogP contribution in [0.25, 0.3) is 0 Å². The highest BCUT2D eigenvalue weighted by molar-refractivity contribution is 6.24. The summed E-state index contributed by atoms with van der Waals surface area (Å²) in [5.41, 5.74) is 0.738. The summed E-state index contributed by atoms with van der Waals surface area (Å²) in [6.07, 6.45) is 0.0514. The number of ether oxygens (including phenoxy) is 1. The van der Waals surface area contributed by atoms with Crippen molar-refractivity contribution in [3.8, 4) is 5.75 Å². The molecule has 3 rings (SSSR count). The lowest BCUT2D eigenvalue weighted by molar-refractivity contribution is -0.121. The quantitative estimate of drug-likeness (QED) is 0.835. The summed E-state index contributed by atoms with van der Waals surface area (Å²) in [7, 11) is 0. The zero-order chi connectivity index (χ0) is 18.8. The van der Waals surface area contributed by atoms with E-state index in [0.29, 0.717) is 11.3 Å². The van der Waals surface area contributed by atoms with Crippen molar-refractivity contribution in [2.75, 3.05) is 4.90 Å². The largest absolute Gasteiger partial charge is 0.491 e. The highest BCUT2D eigenvalue weighted by Gasteiger charge is 2.41. The van der Waals surface area contributed by atoms with Crippen LogP contribution in [-0.4, -0.2) is 29.0 Å². The van der Waals surface area contributed by atoms with Gasteiger partial charge in [0, 0.05) is 6.42 Å².